The lowest BCUT2D eigenvalue weighted by atomic mass is 10.00. The molecule has 0 saturated carbocycles. The molecule has 17 heavy (non-hydrogen) atoms. The second kappa shape index (κ2) is 6.12. The van der Waals surface area contributed by atoms with Crippen LogP contribution in [0.1, 0.15) is 24.8 Å². The largest absolute Gasteiger partial charge is 0.315 e. The zero-order valence-electron chi connectivity index (χ0n) is 10.5. The molecule has 1 N–H and O–H groups in total. The Balaban J connectivity index is 1.96. The minimum atomic E-state index is -0.0760. The molecule has 3 heteroatoms. The summed E-state index contributed by atoms with van der Waals surface area (Å²) in [5.74, 6) is 0.183. The standard InChI is InChI=1S/C14H21FN2/c1-12(13-5-2-3-6-14(13)15)11-17-9-4-7-16-8-10-17/h2-3,5-6,12,16H,4,7-11H2,1H3. The van der Waals surface area contributed by atoms with Gasteiger partial charge >= 0.3 is 0 Å². The third kappa shape index (κ3) is 3.51. The highest BCUT2D eigenvalue weighted by Gasteiger charge is 2.15. The Morgan fingerprint density at radius 2 is 2.12 bits per heavy atom. The molecule has 1 atom stereocenters. The average molecular weight is 236 g/mol. The summed E-state index contributed by atoms with van der Waals surface area (Å²) in [4.78, 5) is 2.43. The third-order valence-corrected chi connectivity index (χ3v) is 3.40. The van der Waals surface area contributed by atoms with Crippen molar-refractivity contribution >= 4 is 0 Å². The fourth-order valence-corrected chi connectivity index (χ4v) is 2.44. The minimum Gasteiger partial charge on any atom is -0.315 e. The van der Waals surface area contributed by atoms with Crippen molar-refractivity contribution in [2.75, 3.05) is 32.7 Å². The molecule has 1 aromatic rings. The van der Waals surface area contributed by atoms with Crippen molar-refractivity contribution in [2.45, 2.75) is 19.3 Å². The van der Waals surface area contributed by atoms with E-state index in [0.29, 0.717) is 0 Å². The number of hydrogen-bond donors (Lipinski definition) is 1. The van der Waals surface area contributed by atoms with Crippen molar-refractivity contribution in [1.82, 2.24) is 10.2 Å². The maximum atomic E-state index is 13.6. The van der Waals surface area contributed by atoms with Crippen molar-refractivity contribution < 1.29 is 4.39 Å². The van der Waals surface area contributed by atoms with Gasteiger partial charge in [-0.15, -0.1) is 0 Å². The molecule has 2 nitrogen and oxygen atoms in total. The maximum Gasteiger partial charge on any atom is 0.126 e. The lowest BCUT2D eigenvalue weighted by molar-refractivity contribution is 0.276. The van der Waals surface area contributed by atoms with Crippen molar-refractivity contribution in [3.63, 3.8) is 0 Å². The molecular weight excluding hydrogens is 215 g/mol. The summed E-state index contributed by atoms with van der Waals surface area (Å²) in [7, 11) is 0. The van der Waals surface area contributed by atoms with Crippen LogP contribution in [0.25, 0.3) is 0 Å². The Kier molecular flexibility index (Phi) is 4.51. The lowest BCUT2D eigenvalue weighted by Gasteiger charge is -2.24. The molecule has 0 bridgehead atoms. The topological polar surface area (TPSA) is 15.3 Å². The zero-order valence-corrected chi connectivity index (χ0v) is 10.5. The van der Waals surface area contributed by atoms with Crippen LogP contribution in [-0.2, 0) is 0 Å². The molecule has 1 fully saturated rings. The number of halogens is 1. The quantitative estimate of drug-likeness (QED) is 0.865. The summed E-state index contributed by atoms with van der Waals surface area (Å²) in [6, 6.07) is 7.12. The van der Waals surface area contributed by atoms with E-state index < -0.39 is 0 Å². The van der Waals surface area contributed by atoms with Crippen LogP contribution in [-0.4, -0.2) is 37.6 Å². The van der Waals surface area contributed by atoms with Crippen LogP contribution in [0.5, 0.6) is 0 Å². The first-order valence-corrected chi connectivity index (χ1v) is 6.45. The van der Waals surface area contributed by atoms with Gasteiger partial charge in [-0.1, -0.05) is 25.1 Å². The molecule has 1 heterocycles. The smallest absolute Gasteiger partial charge is 0.126 e. The molecule has 1 unspecified atom stereocenters. The van der Waals surface area contributed by atoms with E-state index in [1.165, 1.54) is 6.42 Å². The van der Waals surface area contributed by atoms with Gasteiger partial charge in [-0.25, -0.2) is 4.39 Å². The van der Waals surface area contributed by atoms with Crippen LogP contribution in [0, 0.1) is 5.82 Å². The first kappa shape index (κ1) is 12.5. The van der Waals surface area contributed by atoms with Crippen LogP contribution in [0.4, 0.5) is 4.39 Å². The highest BCUT2D eigenvalue weighted by atomic mass is 19.1. The van der Waals surface area contributed by atoms with E-state index in [1.54, 1.807) is 12.1 Å². The van der Waals surface area contributed by atoms with Crippen molar-refractivity contribution in [3.05, 3.63) is 35.6 Å². The van der Waals surface area contributed by atoms with E-state index in [4.69, 9.17) is 0 Å². The van der Waals surface area contributed by atoms with E-state index in [9.17, 15) is 4.39 Å². The van der Waals surface area contributed by atoms with Gasteiger partial charge in [0.05, 0.1) is 0 Å². The highest BCUT2D eigenvalue weighted by Crippen LogP contribution is 2.19. The number of rotatable bonds is 3. The molecule has 94 valence electrons. The number of nitrogens with one attached hydrogen (secondary N) is 1. The van der Waals surface area contributed by atoms with Gasteiger partial charge in [-0.2, -0.15) is 0 Å². The van der Waals surface area contributed by atoms with Crippen molar-refractivity contribution in [2.24, 2.45) is 0 Å². The van der Waals surface area contributed by atoms with E-state index in [2.05, 4.69) is 17.1 Å². The van der Waals surface area contributed by atoms with Crippen molar-refractivity contribution in [1.29, 1.82) is 0 Å². The summed E-state index contributed by atoms with van der Waals surface area (Å²) >= 11 is 0. The Morgan fingerprint density at radius 1 is 1.29 bits per heavy atom. The fourth-order valence-electron chi connectivity index (χ4n) is 2.44. The van der Waals surface area contributed by atoms with Gasteiger partial charge in [-0.05, 0) is 37.1 Å². The molecular formula is C14H21FN2. The molecule has 0 spiro atoms. The fraction of sp³-hybridized carbons (Fsp3) is 0.571. The SMILES string of the molecule is CC(CN1CCCNCC1)c1ccccc1F. The van der Waals surface area contributed by atoms with E-state index in [0.717, 1.165) is 38.3 Å². The van der Waals surface area contributed by atoms with Gasteiger partial charge in [0.25, 0.3) is 0 Å². The molecule has 0 radical (unpaired) electrons. The monoisotopic (exact) mass is 236 g/mol. The second-order valence-corrected chi connectivity index (χ2v) is 4.83. The molecule has 1 aliphatic rings. The zero-order chi connectivity index (χ0) is 12.1. The molecule has 0 aliphatic carbocycles. The Hall–Kier alpha value is -0.930. The summed E-state index contributed by atoms with van der Waals surface area (Å²) < 4.78 is 13.6. The van der Waals surface area contributed by atoms with Crippen LogP contribution >= 0.6 is 0 Å². The third-order valence-electron chi connectivity index (χ3n) is 3.40. The molecule has 0 aromatic heterocycles. The Bertz CT molecular complexity index is 346. The van der Waals surface area contributed by atoms with E-state index >= 15 is 0 Å². The van der Waals surface area contributed by atoms with Gasteiger partial charge in [-0.3, -0.25) is 0 Å². The number of nitrogens with zero attached hydrogens (tertiary/aromatic N) is 1. The number of hydrogen-bond acceptors (Lipinski definition) is 2. The molecule has 1 aromatic carbocycles. The van der Waals surface area contributed by atoms with Gasteiger partial charge in [0.15, 0.2) is 0 Å². The number of benzene rings is 1. The molecule has 1 aliphatic heterocycles. The van der Waals surface area contributed by atoms with Crippen LogP contribution in [0.2, 0.25) is 0 Å². The minimum absolute atomic E-state index is 0.0760. The Labute approximate surface area is 103 Å². The van der Waals surface area contributed by atoms with Gasteiger partial charge in [0.1, 0.15) is 5.82 Å². The van der Waals surface area contributed by atoms with Gasteiger partial charge in [0.2, 0.25) is 0 Å². The van der Waals surface area contributed by atoms with Crippen LogP contribution in [0.3, 0.4) is 0 Å². The first-order chi connectivity index (χ1) is 8.27. The van der Waals surface area contributed by atoms with E-state index in [-0.39, 0.29) is 11.7 Å². The Morgan fingerprint density at radius 3 is 2.94 bits per heavy atom. The lowest BCUT2D eigenvalue weighted by Crippen LogP contribution is -2.31. The molecule has 2 rings (SSSR count). The first-order valence-electron chi connectivity index (χ1n) is 6.45. The summed E-state index contributed by atoms with van der Waals surface area (Å²) in [5, 5.41) is 3.39. The molecule has 0 amide bonds. The van der Waals surface area contributed by atoms with E-state index in [1.807, 2.05) is 12.1 Å². The predicted molar refractivity (Wildman–Crippen MR) is 68.7 cm³/mol. The summed E-state index contributed by atoms with van der Waals surface area (Å²) in [6.45, 7) is 7.39. The van der Waals surface area contributed by atoms with Gasteiger partial charge < -0.3 is 10.2 Å². The highest BCUT2D eigenvalue weighted by molar-refractivity contribution is 5.21. The van der Waals surface area contributed by atoms with Crippen molar-refractivity contribution in [3.8, 4) is 0 Å². The summed E-state index contributed by atoms with van der Waals surface area (Å²) in [5.41, 5.74) is 0.838. The van der Waals surface area contributed by atoms with Gasteiger partial charge in [0, 0.05) is 19.6 Å². The predicted octanol–water partition coefficient (Wildman–Crippen LogP) is 2.22. The maximum absolute atomic E-state index is 13.6. The molecule has 1 saturated heterocycles. The second-order valence-electron chi connectivity index (χ2n) is 4.83. The van der Waals surface area contributed by atoms with Crippen LogP contribution in [0.15, 0.2) is 24.3 Å². The van der Waals surface area contributed by atoms with Crippen LogP contribution < -0.4 is 5.32 Å². The normalized spacial score (nSPS) is 19.9. The average Bonchev–Trinajstić information content (AvgIpc) is 2.58. The summed E-state index contributed by atoms with van der Waals surface area (Å²) in [6.07, 6.45) is 1.18.